The standard InChI is InChI=1S/C41H81N2/c1-4-7-10-13-16-19-21-22-23-24-26-29-32-35-38-43-40-39-42(37-34-31-28-18-15-12-9-6-3)41(43)36-33-30-27-25-20-17-14-11-8-5-2/h39-40H,4-38H2,1-3H3/q+1. The molecule has 2 nitrogen and oxygen atoms in total. The highest BCUT2D eigenvalue weighted by Crippen LogP contribution is 2.15. The van der Waals surface area contributed by atoms with E-state index in [1.54, 1.807) is 5.82 Å². The van der Waals surface area contributed by atoms with E-state index in [4.69, 9.17) is 0 Å². The van der Waals surface area contributed by atoms with Crippen LogP contribution in [0.25, 0.3) is 0 Å². The van der Waals surface area contributed by atoms with Gasteiger partial charge in [-0.2, -0.15) is 0 Å². The lowest BCUT2D eigenvalue weighted by molar-refractivity contribution is -0.704. The first-order chi connectivity index (χ1) is 21.3. The van der Waals surface area contributed by atoms with Gasteiger partial charge in [-0.25, -0.2) is 9.13 Å². The summed E-state index contributed by atoms with van der Waals surface area (Å²) < 4.78 is 5.27. The SMILES string of the molecule is CCCCCCCCCCCCCCCC[n+]1ccn(CCCCCCCCCC)c1CCCCCCCCCCCC. The molecule has 0 aromatic carbocycles. The van der Waals surface area contributed by atoms with E-state index in [0.717, 1.165) is 0 Å². The maximum Gasteiger partial charge on any atom is 0.256 e. The van der Waals surface area contributed by atoms with Crippen molar-refractivity contribution in [3.63, 3.8) is 0 Å². The Balaban J connectivity index is 2.27. The minimum Gasteiger partial charge on any atom is -0.234 e. The van der Waals surface area contributed by atoms with Crippen LogP contribution in [-0.4, -0.2) is 4.57 Å². The van der Waals surface area contributed by atoms with Gasteiger partial charge in [0.15, 0.2) is 0 Å². The number of hydrogen-bond donors (Lipinski definition) is 0. The third kappa shape index (κ3) is 25.1. The molecule has 0 amide bonds. The number of aromatic nitrogens is 2. The van der Waals surface area contributed by atoms with Gasteiger partial charge < -0.3 is 0 Å². The molecule has 0 aliphatic heterocycles. The van der Waals surface area contributed by atoms with Gasteiger partial charge in [-0.15, -0.1) is 0 Å². The van der Waals surface area contributed by atoms with Gasteiger partial charge in [0, 0.05) is 6.42 Å². The minimum atomic E-state index is 1.23. The van der Waals surface area contributed by atoms with Crippen LogP contribution in [0.15, 0.2) is 12.4 Å². The molecule has 2 heteroatoms. The molecule has 1 aromatic heterocycles. The zero-order chi connectivity index (χ0) is 30.9. The Morgan fingerprint density at radius 1 is 0.395 bits per heavy atom. The van der Waals surface area contributed by atoms with Crippen LogP contribution < -0.4 is 4.57 Å². The van der Waals surface area contributed by atoms with E-state index in [1.807, 2.05) is 0 Å². The van der Waals surface area contributed by atoms with E-state index in [0.29, 0.717) is 0 Å². The lowest BCUT2D eigenvalue weighted by Crippen LogP contribution is -2.37. The van der Waals surface area contributed by atoms with E-state index in [9.17, 15) is 0 Å². The van der Waals surface area contributed by atoms with Gasteiger partial charge >= 0.3 is 0 Å². The highest BCUT2D eigenvalue weighted by molar-refractivity contribution is 4.84. The molecule has 0 aliphatic rings. The summed E-state index contributed by atoms with van der Waals surface area (Å²) in [5, 5.41) is 0. The van der Waals surface area contributed by atoms with Crippen LogP contribution in [-0.2, 0) is 19.5 Å². The lowest BCUT2D eigenvalue weighted by Gasteiger charge is -2.07. The zero-order valence-electron chi connectivity index (χ0n) is 30.3. The molecule has 0 atom stereocenters. The molecule has 0 N–H and O–H groups in total. The molecule has 1 heterocycles. The molecular formula is C41H81N2+. The monoisotopic (exact) mass is 602 g/mol. The molecular weight excluding hydrogens is 520 g/mol. The van der Waals surface area contributed by atoms with E-state index in [1.165, 1.54) is 225 Å². The summed E-state index contributed by atoms with van der Waals surface area (Å²) in [6.45, 7) is 9.40. The first kappa shape index (κ1) is 40.2. The summed E-state index contributed by atoms with van der Waals surface area (Å²) in [6, 6.07) is 0. The summed E-state index contributed by atoms with van der Waals surface area (Å²) in [5.74, 6) is 1.62. The highest BCUT2D eigenvalue weighted by atomic mass is 15.1. The lowest BCUT2D eigenvalue weighted by atomic mass is 10.0. The molecule has 254 valence electrons. The molecule has 0 radical (unpaired) electrons. The van der Waals surface area contributed by atoms with E-state index in [2.05, 4.69) is 42.3 Å². The maximum atomic E-state index is 2.64. The average Bonchev–Trinajstić information content (AvgIpc) is 3.40. The van der Waals surface area contributed by atoms with Crippen molar-refractivity contribution in [3.05, 3.63) is 18.2 Å². The fraction of sp³-hybridized carbons (Fsp3) is 0.927. The second-order valence-corrected chi connectivity index (χ2v) is 14.1. The molecule has 0 saturated heterocycles. The van der Waals surface area contributed by atoms with Crippen molar-refractivity contribution in [1.82, 2.24) is 4.57 Å². The molecule has 1 rings (SSSR count). The number of hydrogen-bond acceptors (Lipinski definition) is 0. The van der Waals surface area contributed by atoms with Crippen LogP contribution in [0.2, 0.25) is 0 Å². The Hall–Kier alpha value is -0.790. The highest BCUT2D eigenvalue weighted by Gasteiger charge is 2.16. The molecule has 0 spiro atoms. The quantitative estimate of drug-likeness (QED) is 0.0540. The van der Waals surface area contributed by atoms with Crippen LogP contribution in [0.5, 0.6) is 0 Å². The number of rotatable bonds is 35. The molecule has 0 saturated carbocycles. The zero-order valence-corrected chi connectivity index (χ0v) is 30.3. The van der Waals surface area contributed by atoms with E-state index in [-0.39, 0.29) is 0 Å². The number of unbranched alkanes of at least 4 members (excludes halogenated alkanes) is 29. The predicted molar refractivity (Wildman–Crippen MR) is 193 cm³/mol. The number of imidazole rings is 1. The number of aryl methyl sites for hydroxylation is 2. The molecule has 43 heavy (non-hydrogen) atoms. The van der Waals surface area contributed by atoms with Gasteiger partial charge in [0.2, 0.25) is 0 Å². The summed E-state index contributed by atoms with van der Waals surface area (Å²) in [5.41, 5.74) is 0. The fourth-order valence-electron chi connectivity index (χ4n) is 6.86. The van der Waals surface area contributed by atoms with Gasteiger partial charge in [-0.05, 0) is 32.1 Å². The fourth-order valence-corrected chi connectivity index (χ4v) is 6.86. The maximum absolute atomic E-state index is 2.64. The second-order valence-electron chi connectivity index (χ2n) is 14.1. The normalized spacial score (nSPS) is 11.6. The summed E-state index contributed by atoms with van der Waals surface area (Å²) in [7, 11) is 0. The molecule has 0 fully saturated rings. The van der Waals surface area contributed by atoms with Gasteiger partial charge in [0.25, 0.3) is 5.82 Å². The molecule has 1 aromatic rings. The first-order valence-corrected chi connectivity index (χ1v) is 20.4. The van der Waals surface area contributed by atoms with Crippen molar-refractivity contribution in [2.45, 2.75) is 246 Å². The van der Waals surface area contributed by atoms with Crippen LogP contribution in [0.1, 0.15) is 232 Å². The van der Waals surface area contributed by atoms with Crippen molar-refractivity contribution in [1.29, 1.82) is 0 Å². The first-order valence-electron chi connectivity index (χ1n) is 20.4. The van der Waals surface area contributed by atoms with Gasteiger partial charge in [-0.1, -0.05) is 194 Å². The van der Waals surface area contributed by atoms with Crippen molar-refractivity contribution in [2.24, 2.45) is 0 Å². The van der Waals surface area contributed by atoms with Crippen LogP contribution in [0.4, 0.5) is 0 Å². The predicted octanol–water partition coefficient (Wildman–Crippen LogP) is 13.9. The minimum absolute atomic E-state index is 1.23. The Labute approximate surface area is 272 Å². The smallest absolute Gasteiger partial charge is 0.234 e. The summed E-state index contributed by atoms with van der Waals surface area (Å²) in [4.78, 5) is 0. The Morgan fingerprint density at radius 3 is 1.12 bits per heavy atom. The molecule has 0 unspecified atom stereocenters. The number of nitrogens with zero attached hydrogens (tertiary/aromatic N) is 2. The summed E-state index contributed by atoms with van der Waals surface area (Å²) in [6.07, 6.45) is 51.9. The second kappa shape index (κ2) is 32.6. The topological polar surface area (TPSA) is 8.81 Å². The van der Waals surface area contributed by atoms with Crippen molar-refractivity contribution in [3.8, 4) is 0 Å². The molecule has 0 bridgehead atoms. The van der Waals surface area contributed by atoms with Crippen molar-refractivity contribution < 1.29 is 4.57 Å². The van der Waals surface area contributed by atoms with Crippen molar-refractivity contribution >= 4 is 0 Å². The Morgan fingerprint density at radius 2 is 0.721 bits per heavy atom. The van der Waals surface area contributed by atoms with Crippen LogP contribution in [0, 0.1) is 0 Å². The van der Waals surface area contributed by atoms with Crippen molar-refractivity contribution in [2.75, 3.05) is 0 Å². The molecule has 0 aliphatic carbocycles. The Bertz CT molecular complexity index is 663. The van der Waals surface area contributed by atoms with Gasteiger partial charge in [-0.3, -0.25) is 0 Å². The third-order valence-corrected chi connectivity index (χ3v) is 9.85. The average molecular weight is 602 g/mol. The van der Waals surface area contributed by atoms with Crippen LogP contribution in [0.3, 0.4) is 0 Å². The summed E-state index contributed by atoms with van der Waals surface area (Å²) >= 11 is 0. The van der Waals surface area contributed by atoms with Gasteiger partial charge in [0.05, 0.1) is 13.1 Å². The van der Waals surface area contributed by atoms with Crippen LogP contribution >= 0.6 is 0 Å². The largest absolute Gasteiger partial charge is 0.256 e. The van der Waals surface area contributed by atoms with Gasteiger partial charge in [0.1, 0.15) is 12.4 Å². The van der Waals surface area contributed by atoms with E-state index < -0.39 is 0 Å². The van der Waals surface area contributed by atoms with E-state index >= 15 is 0 Å². The Kier molecular flexibility index (Phi) is 30.5. The third-order valence-electron chi connectivity index (χ3n) is 9.85.